The quantitative estimate of drug-likeness (QED) is 0.742. The van der Waals surface area contributed by atoms with Gasteiger partial charge in [0.25, 0.3) is 0 Å². The van der Waals surface area contributed by atoms with Crippen LogP contribution in [0.5, 0.6) is 5.75 Å². The van der Waals surface area contributed by atoms with E-state index in [9.17, 15) is 4.79 Å². The maximum Gasteiger partial charge on any atom is 0.371 e. The zero-order chi connectivity index (χ0) is 14.9. The van der Waals surface area contributed by atoms with E-state index < -0.39 is 12.1 Å². The molecule has 1 N–H and O–H groups in total. The van der Waals surface area contributed by atoms with Gasteiger partial charge in [-0.05, 0) is 41.1 Å². The Morgan fingerprint density at radius 2 is 2.05 bits per heavy atom. The number of benzene rings is 1. The number of rotatable bonds is 4. The fourth-order valence-electron chi connectivity index (χ4n) is 1.53. The van der Waals surface area contributed by atoms with Gasteiger partial charge in [0.1, 0.15) is 11.5 Å². The van der Waals surface area contributed by atoms with Crippen molar-refractivity contribution in [1.29, 1.82) is 0 Å². The first-order chi connectivity index (χ1) is 9.38. The second-order valence-electron chi connectivity index (χ2n) is 3.96. The van der Waals surface area contributed by atoms with Crippen molar-refractivity contribution in [2.45, 2.75) is 13.0 Å². The first kappa shape index (κ1) is 15.2. The average molecular weight is 380 g/mol. The molecule has 0 aliphatic rings. The van der Waals surface area contributed by atoms with E-state index in [4.69, 9.17) is 37.5 Å². The summed E-state index contributed by atoms with van der Waals surface area (Å²) in [7, 11) is 0. The monoisotopic (exact) mass is 378 g/mol. The lowest BCUT2D eigenvalue weighted by Crippen LogP contribution is -2.02. The molecule has 7 heteroatoms. The van der Waals surface area contributed by atoms with Gasteiger partial charge in [0.15, 0.2) is 6.10 Å². The lowest BCUT2D eigenvalue weighted by Gasteiger charge is -2.14. The molecule has 0 spiro atoms. The van der Waals surface area contributed by atoms with Crippen LogP contribution in [0.3, 0.4) is 0 Å². The average Bonchev–Trinajstić information content (AvgIpc) is 2.85. The van der Waals surface area contributed by atoms with Crippen molar-refractivity contribution in [2.24, 2.45) is 0 Å². The number of halogens is 3. The van der Waals surface area contributed by atoms with E-state index in [1.54, 1.807) is 25.1 Å². The molecule has 2 aromatic rings. The van der Waals surface area contributed by atoms with Crippen LogP contribution in [0.1, 0.15) is 29.3 Å². The summed E-state index contributed by atoms with van der Waals surface area (Å²) in [5.41, 5.74) is 0. The summed E-state index contributed by atoms with van der Waals surface area (Å²) in [5, 5.41) is 9.65. The zero-order valence-electron chi connectivity index (χ0n) is 10.2. The number of ether oxygens (including phenoxy) is 1. The van der Waals surface area contributed by atoms with Gasteiger partial charge in [-0.2, -0.15) is 0 Å². The number of carbonyl (C=O) groups is 1. The predicted octanol–water partition coefficient (Wildman–Crippen LogP) is 5.19. The number of aromatic carboxylic acids is 1. The summed E-state index contributed by atoms with van der Waals surface area (Å²) < 4.78 is 11.5. The van der Waals surface area contributed by atoms with Crippen molar-refractivity contribution < 1.29 is 19.1 Å². The highest BCUT2D eigenvalue weighted by Gasteiger charge is 2.17. The third-order valence-electron chi connectivity index (χ3n) is 2.52. The smallest absolute Gasteiger partial charge is 0.371 e. The highest BCUT2D eigenvalue weighted by molar-refractivity contribution is 9.10. The molecule has 20 heavy (non-hydrogen) atoms. The second-order valence-corrected chi connectivity index (χ2v) is 5.63. The van der Waals surface area contributed by atoms with Crippen LogP contribution in [-0.4, -0.2) is 11.1 Å². The molecule has 2 rings (SSSR count). The van der Waals surface area contributed by atoms with Gasteiger partial charge in [-0.1, -0.05) is 23.2 Å². The Hall–Kier alpha value is -1.17. The van der Waals surface area contributed by atoms with Gasteiger partial charge in [0.2, 0.25) is 5.76 Å². The van der Waals surface area contributed by atoms with Crippen LogP contribution in [0, 0.1) is 0 Å². The second kappa shape index (κ2) is 6.08. The zero-order valence-corrected chi connectivity index (χ0v) is 13.3. The molecule has 0 aliphatic carbocycles. The lowest BCUT2D eigenvalue weighted by atomic mass is 10.3. The van der Waals surface area contributed by atoms with Gasteiger partial charge in [-0.3, -0.25) is 0 Å². The Balaban J connectivity index is 2.20. The Labute approximate surface area is 133 Å². The van der Waals surface area contributed by atoms with Gasteiger partial charge in [0.05, 0.1) is 10.0 Å². The highest BCUT2D eigenvalue weighted by atomic mass is 79.9. The molecule has 0 bridgehead atoms. The number of carboxylic acid groups (broad SMARTS) is 1. The summed E-state index contributed by atoms with van der Waals surface area (Å²) >= 11 is 15.3. The van der Waals surface area contributed by atoms with E-state index in [0.29, 0.717) is 26.0 Å². The van der Waals surface area contributed by atoms with Crippen LogP contribution < -0.4 is 4.74 Å². The molecule has 0 aliphatic heterocycles. The SMILES string of the molecule is CC(Oc1cc(Cl)c(Br)cc1Cl)c1ccc(C(=O)O)o1. The minimum Gasteiger partial charge on any atom is -0.481 e. The van der Waals surface area contributed by atoms with Crippen molar-refractivity contribution in [1.82, 2.24) is 0 Å². The molecule has 1 heterocycles. The van der Waals surface area contributed by atoms with Crippen LogP contribution in [0.25, 0.3) is 0 Å². The minimum absolute atomic E-state index is 0.143. The van der Waals surface area contributed by atoms with Crippen molar-refractivity contribution in [3.05, 3.63) is 50.3 Å². The molecule has 1 unspecified atom stereocenters. The largest absolute Gasteiger partial charge is 0.481 e. The predicted molar refractivity (Wildman–Crippen MR) is 78.9 cm³/mol. The Bertz CT molecular complexity index is 654. The fraction of sp³-hybridized carbons (Fsp3) is 0.154. The van der Waals surface area contributed by atoms with E-state index in [2.05, 4.69) is 15.9 Å². The van der Waals surface area contributed by atoms with Crippen molar-refractivity contribution in [3.8, 4) is 5.75 Å². The van der Waals surface area contributed by atoms with Crippen molar-refractivity contribution in [2.75, 3.05) is 0 Å². The normalized spacial score (nSPS) is 12.2. The highest BCUT2D eigenvalue weighted by Crippen LogP contribution is 2.36. The number of furan rings is 1. The Morgan fingerprint density at radius 1 is 1.35 bits per heavy atom. The molecule has 0 radical (unpaired) electrons. The van der Waals surface area contributed by atoms with Gasteiger partial charge >= 0.3 is 5.97 Å². The van der Waals surface area contributed by atoms with Crippen molar-refractivity contribution in [3.63, 3.8) is 0 Å². The first-order valence-corrected chi connectivity index (χ1v) is 7.07. The van der Waals surface area contributed by atoms with E-state index in [-0.39, 0.29) is 5.76 Å². The molecule has 1 aromatic heterocycles. The lowest BCUT2D eigenvalue weighted by molar-refractivity contribution is 0.0655. The molecule has 0 saturated carbocycles. The maximum absolute atomic E-state index is 10.8. The molecule has 0 fully saturated rings. The van der Waals surface area contributed by atoms with Crippen LogP contribution in [0.2, 0.25) is 10.0 Å². The molecule has 4 nitrogen and oxygen atoms in total. The first-order valence-electron chi connectivity index (χ1n) is 5.52. The third-order valence-corrected chi connectivity index (χ3v) is 4.01. The molecule has 106 valence electrons. The fourth-order valence-corrected chi connectivity index (χ4v) is 2.37. The molecule has 1 aromatic carbocycles. The Morgan fingerprint density at radius 3 is 2.65 bits per heavy atom. The van der Waals surface area contributed by atoms with Crippen LogP contribution in [0.15, 0.2) is 33.2 Å². The molecule has 1 atom stereocenters. The standard InChI is InChI=1S/C13H9BrCl2O4/c1-6(10-2-3-11(20-10)13(17)18)19-12-5-8(15)7(14)4-9(12)16/h2-6H,1H3,(H,17,18). The third kappa shape index (κ3) is 3.29. The summed E-state index contributed by atoms with van der Waals surface area (Å²) in [5.74, 6) is -0.498. The summed E-state index contributed by atoms with van der Waals surface area (Å²) in [4.78, 5) is 10.8. The van der Waals surface area contributed by atoms with Gasteiger partial charge < -0.3 is 14.3 Å². The Kier molecular flexibility index (Phi) is 4.62. The van der Waals surface area contributed by atoms with E-state index in [1.807, 2.05) is 0 Å². The summed E-state index contributed by atoms with van der Waals surface area (Å²) in [6.07, 6.45) is -0.502. The molecule has 0 saturated heterocycles. The molecular weight excluding hydrogens is 371 g/mol. The summed E-state index contributed by atoms with van der Waals surface area (Å²) in [6, 6.07) is 6.11. The summed E-state index contributed by atoms with van der Waals surface area (Å²) in [6.45, 7) is 1.72. The van der Waals surface area contributed by atoms with Crippen LogP contribution in [-0.2, 0) is 0 Å². The van der Waals surface area contributed by atoms with Gasteiger partial charge in [-0.15, -0.1) is 0 Å². The van der Waals surface area contributed by atoms with E-state index in [0.717, 1.165) is 0 Å². The van der Waals surface area contributed by atoms with E-state index in [1.165, 1.54) is 6.07 Å². The number of hydrogen-bond donors (Lipinski definition) is 1. The van der Waals surface area contributed by atoms with Gasteiger partial charge in [0, 0.05) is 10.5 Å². The molecular formula is C13H9BrCl2O4. The number of hydrogen-bond acceptors (Lipinski definition) is 3. The van der Waals surface area contributed by atoms with Crippen LogP contribution in [0.4, 0.5) is 0 Å². The van der Waals surface area contributed by atoms with Crippen molar-refractivity contribution >= 4 is 45.1 Å². The minimum atomic E-state index is -1.13. The van der Waals surface area contributed by atoms with Crippen LogP contribution >= 0.6 is 39.1 Å². The van der Waals surface area contributed by atoms with E-state index >= 15 is 0 Å². The molecule has 0 amide bonds. The van der Waals surface area contributed by atoms with Gasteiger partial charge in [-0.25, -0.2) is 4.79 Å². The topological polar surface area (TPSA) is 59.7 Å². The number of carboxylic acids is 1. The maximum atomic E-state index is 10.8.